The van der Waals surface area contributed by atoms with E-state index < -0.39 is 0 Å². The average molecular weight is 340 g/mol. The van der Waals surface area contributed by atoms with Crippen molar-refractivity contribution in [3.05, 3.63) is 28.7 Å². The first-order chi connectivity index (χ1) is 9.79. The topological polar surface area (TPSA) is 21.3 Å². The molecule has 1 fully saturated rings. The van der Waals surface area contributed by atoms with Gasteiger partial charge in [0.2, 0.25) is 0 Å². The lowest BCUT2D eigenvalue weighted by molar-refractivity contribution is 0.204. The molecule has 0 bridgehead atoms. The molecular weight excluding hydrogens is 314 g/mol. The molecule has 0 aliphatic heterocycles. The summed E-state index contributed by atoms with van der Waals surface area (Å²) in [5.41, 5.74) is 0. The quantitative estimate of drug-likeness (QED) is 0.771. The molecule has 0 amide bonds. The molecule has 1 aromatic carbocycles. The fraction of sp³-hybridized carbons (Fsp3) is 0.647. The molecule has 0 saturated heterocycles. The number of ether oxygens (including phenoxy) is 1. The van der Waals surface area contributed by atoms with Crippen LogP contribution in [0.3, 0.4) is 0 Å². The van der Waals surface area contributed by atoms with Crippen molar-refractivity contribution < 1.29 is 4.74 Å². The summed E-state index contributed by atoms with van der Waals surface area (Å²) in [7, 11) is 0. The highest BCUT2D eigenvalue weighted by atomic mass is 79.9. The van der Waals surface area contributed by atoms with E-state index in [1.165, 1.54) is 32.1 Å². The minimum absolute atomic E-state index is 0.704. The predicted octanol–water partition coefficient (Wildman–Crippen LogP) is 4.78. The molecule has 20 heavy (non-hydrogen) atoms. The number of rotatable bonds is 7. The molecule has 0 aromatic heterocycles. The van der Waals surface area contributed by atoms with E-state index >= 15 is 0 Å². The number of hydrogen-bond donors (Lipinski definition) is 1. The van der Waals surface area contributed by atoms with Crippen LogP contribution in [-0.4, -0.2) is 19.2 Å². The van der Waals surface area contributed by atoms with Crippen LogP contribution in [0.4, 0.5) is 0 Å². The first kappa shape index (κ1) is 15.8. The molecule has 1 N–H and O–H groups in total. The van der Waals surface area contributed by atoms with Crippen LogP contribution >= 0.6 is 15.9 Å². The molecule has 2 unspecified atom stereocenters. The third-order valence-electron chi connectivity index (χ3n) is 4.12. The van der Waals surface area contributed by atoms with E-state index in [0.29, 0.717) is 6.04 Å². The lowest BCUT2D eigenvalue weighted by Crippen LogP contribution is -2.39. The monoisotopic (exact) mass is 339 g/mol. The Morgan fingerprint density at radius 3 is 2.95 bits per heavy atom. The largest absolute Gasteiger partial charge is 0.494 e. The fourth-order valence-electron chi connectivity index (χ4n) is 3.04. The summed E-state index contributed by atoms with van der Waals surface area (Å²) >= 11 is 3.48. The molecule has 0 spiro atoms. The number of hydrogen-bond acceptors (Lipinski definition) is 2. The fourth-order valence-corrected chi connectivity index (χ4v) is 3.41. The maximum Gasteiger partial charge on any atom is 0.120 e. The van der Waals surface area contributed by atoms with E-state index in [9.17, 15) is 0 Å². The van der Waals surface area contributed by atoms with E-state index in [4.69, 9.17) is 4.74 Å². The predicted molar refractivity (Wildman–Crippen MR) is 88.3 cm³/mol. The maximum absolute atomic E-state index is 5.88. The van der Waals surface area contributed by atoms with Gasteiger partial charge < -0.3 is 10.1 Å². The van der Waals surface area contributed by atoms with E-state index in [1.54, 1.807) is 0 Å². The zero-order valence-electron chi connectivity index (χ0n) is 12.4. The van der Waals surface area contributed by atoms with Gasteiger partial charge in [0.25, 0.3) is 0 Å². The van der Waals surface area contributed by atoms with Crippen LogP contribution in [0, 0.1) is 5.92 Å². The second kappa shape index (κ2) is 8.68. The van der Waals surface area contributed by atoms with Crippen molar-refractivity contribution in [1.29, 1.82) is 0 Å². The van der Waals surface area contributed by atoms with Gasteiger partial charge in [0.1, 0.15) is 5.75 Å². The van der Waals surface area contributed by atoms with Gasteiger partial charge in [-0.3, -0.25) is 0 Å². The summed E-state index contributed by atoms with van der Waals surface area (Å²) in [5.74, 6) is 1.75. The van der Waals surface area contributed by atoms with Gasteiger partial charge in [-0.25, -0.2) is 0 Å². The smallest absolute Gasteiger partial charge is 0.120 e. The van der Waals surface area contributed by atoms with Crippen molar-refractivity contribution in [2.24, 2.45) is 5.92 Å². The van der Waals surface area contributed by atoms with E-state index in [0.717, 1.165) is 35.7 Å². The summed E-state index contributed by atoms with van der Waals surface area (Å²) in [6, 6.07) is 8.81. The van der Waals surface area contributed by atoms with Crippen LogP contribution in [-0.2, 0) is 0 Å². The van der Waals surface area contributed by atoms with Gasteiger partial charge in [-0.15, -0.1) is 0 Å². The summed E-state index contributed by atoms with van der Waals surface area (Å²) in [4.78, 5) is 0. The van der Waals surface area contributed by atoms with Gasteiger partial charge in [0.15, 0.2) is 0 Å². The first-order valence-corrected chi connectivity index (χ1v) is 8.70. The van der Waals surface area contributed by atoms with Gasteiger partial charge in [-0.2, -0.15) is 0 Å². The molecule has 112 valence electrons. The summed E-state index contributed by atoms with van der Waals surface area (Å²) in [6.45, 7) is 4.21. The van der Waals surface area contributed by atoms with Crippen LogP contribution < -0.4 is 10.1 Å². The Labute approximate surface area is 131 Å². The first-order valence-electron chi connectivity index (χ1n) is 7.91. The molecule has 2 rings (SSSR count). The Balaban J connectivity index is 1.76. The van der Waals surface area contributed by atoms with Crippen LogP contribution in [0.15, 0.2) is 28.7 Å². The average Bonchev–Trinajstić information content (AvgIpc) is 2.46. The third kappa shape index (κ3) is 5.10. The molecule has 1 aliphatic rings. The van der Waals surface area contributed by atoms with Gasteiger partial charge in [0.05, 0.1) is 6.61 Å². The van der Waals surface area contributed by atoms with Gasteiger partial charge in [-0.05, 0) is 56.3 Å². The summed E-state index contributed by atoms with van der Waals surface area (Å²) in [6.07, 6.45) is 7.83. The Hall–Kier alpha value is -0.540. The number of halogens is 1. The van der Waals surface area contributed by atoms with Crippen molar-refractivity contribution in [2.75, 3.05) is 13.2 Å². The Kier molecular flexibility index (Phi) is 6.88. The Morgan fingerprint density at radius 2 is 2.15 bits per heavy atom. The van der Waals surface area contributed by atoms with Crippen LogP contribution in [0.25, 0.3) is 0 Å². The molecule has 2 atom stereocenters. The van der Waals surface area contributed by atoms with Crippen LogP contribution in [0.1, 0.15) is 45.4 Å². The SMILES string of the molecule is CCCNC1CCCCC1CCOc1cccc(Br)c1. The van der Waals surface area contributed by atoms with Crippen LogP contribution in [0.2, 0.25) is 0 Å². The summed E-state index contributed by atoms with van der Waals surface area (Å²) < 4.78 is 6.96. The third-order valence-corrected chi connectivity index (χ3v) is 4.61. The minimum Gasteiger partial charge on any atom is -0.494 e. The lowest BCUT2D eigenvalue weighted by atomic mass is 9.82. The number of nitrogens with one attached hydrogen (secondary N) is 1. The standard InChI is InChI=1S/C17H26BrNO/c1-2-11-19-17-9-4-3-6-14(17)10-12-20-16-8-5-7-15(18)13-16/h5,7-8,13-14,17,19H,2-4,6,9-12H2,1H3. The highest BCUT2D eigenvalue weighted by molar-refractivity contribution is 9.10. The second-order valence-corrected chi connectivity index (χ2v) is 6.62. The van der Waals surface area contributed by atoms with Crippen LogP contribution in [0.5, 0.6) is 5.75 Å². The highest BCUT2D eigenvalue weighted by Crippen LogP contribution is 2.27. The zero-order chi connectivity index (χ0) is 14.2. The Morgan fingerprint density at radius 1 is 1.30 bits per heavy atom. The second-order valence-electron chi connectivity index (χ2n) is 5.70. The van der Waals surface area contributed by atoms with E-state index in [2.05, 4.69) is 28.2 Å². The van der Waals surface area contributed by atoms with Crippen molar-refractivity contribution in [1.82, 2.24) is 5.32 Å². The Bertz CT molecular complexity index is 396. The van der Waals surface area contributed by atoms with Crippen molar-refractivity contribution >= 4 is 15.9 Å². The molecule has 0 heterocycles. The highest BCUT2D eigenvalue weighted by Gasteiger charge is 2.24. The molecule has 3 heteroatoms. The zero-order valence-corrected chi connectivity index (χ0v) is 14.0. The molecule has 2 nitrogen and oxygen atoms in total. The van der Waals surface area contributed by atoms with Gasteiger partial charge in [0, 0.05) is 10.5 Å². The molecule has 1 aromatic rings. The normalized spacial score (nSPS) is 22.7. The maximum atomic E-state index is 5.88. The molecule has 1 aliphatic carbocycles. The van der Waals surface area contributed by atoms with Crippen molar-refractivity contribution in [3.63, 3.8) is 0 Å². The minimum atomic E-state index is 0.704. The van der Waals surface area contributed by atoms with Crippen molar-refractivity contribution in [2.45, 2.75) is 51.5 Å². The van der Waals surface area contributed by atoms with E-state index in [-0.39, 0.29) is 0 Å². The van der Waals surface area contributed by atoms with Gasteiger partial charge in [-0.1, -0.05) is 41.8 Å². The lowest BCUT2D eigenvalue weighted by Gasteiger charge is -2.32. The summed E-state index contributed by atoms with van der Waals surface area (Å²) in [5, 5.41) is 3.72. The van der Waals surface area contributed by atoms with E-state index in [1.807, 2.05) is 24.3 Å². The molecule has 1 saturated carbocycles. The number of benzene rings is 1. The molecule has 0 radical (unpaired) electrons. The molecular formula is C17H26BrNO. The van der Waals surface area contributed by atoms with Gasteiger partial charge >= 0.3 is 0 Å². The van der Waals surface area contributed by atoms with Crippen molar-refractivity contribution in [3.8, 4) is 5.75 Å².